The molecule has 0 aromatic heterocycles. The first-order valence-corrected chi connectivity index (χ1v) is 11.3. The lowest BCUT2D eigenvalue weighted by atomic mass is 9.88. The van der Waals surface area contributed by atoms with Gasteiger partial charge in [0.1, 0.15) is 17.7 Å². The number of benzene rings is 2. The summed E-state index contributed by atoms with van der Waals surface area (Å²) in [6.45, 7) is 6.96. The maximum atomic E-state index is 13.1. The summed E-state index contributed by atoms with van der Waals surface area (Å²) >= 11 is 0. The van der Waals surface area contributed by atoms with Gasteiger partial charge < -0.3 is 25.4 Å². The fourth-order valence-corrected chi connectivity index (χ4v) is 3.92. The lowest BCUT2D eigenvalue weighted by molar-refractivity contribution is 0.0354. The molecule has 1 saturated heterocycles. The van der Waals surface area contributed by atoms with Crippen molar-refractivity contribution in [1.82, 2.24) is 16.0 Å². The van der Waals surface area contributed by atoms with E-state index in [2.05, 4.69) is 52.1 Å². The van der Waals surface area contributed by atoms with Crippen LogP contribution in [0, 0.1) is 5.82 Å². The molecule has 32 heavy (non-hydrogen) atoms. The van der Waals surface area contributed by atoms with Gasteiger partial charge in [-0.15, -0.1) is 0 Å². The molecule has 0 bridgehead atoms. The molecule has 3 N–H and O–H groups in total. The third-order valence-corrected chi connectivity index (χ3v) is 5.80. The first kappa shape index (κ1) is 24.0. The van der Waals surface area contributed by atoms with Crippen LogP contribution in [0.1, 0.15) is 38.3 Å². The molecule has 7 heteroatoms. The molecule has 2 aromatic rings. The van der Waals surface area contributed by atoms with Crippen molar-refractivity contribution in [3.8, 4) is 5.75 Å². The number of rotatable bonds is 9. The van der Waals surface area contributed by atoms with Crippen LogP contribution in [0.2, 0.25) is 0 Å². The Bertz CT molecular complexity index is 839. The number of ether oxygens (including phenoxy) is 2. The summed E-state index contributed by atoms with van der Waals surface area (Å²) in [4.78, 5) is 4.36. The van der Waals surface area contributed by atoms with Crippen LogP contribution in [0.5, 0.6) is 5.75 Å². The van der Waals surface area contributed by atoms with Crippen LogP contribution in [0.4, 0.5) is 4.39 Å². The molecule has 2 atom stereocenters. The van der Waals surface area contributed by atoms with Gasteiger partial charge in [0.05, 0.1) is 6.54 Å². The van der Waals surface area contributed by atoms with E-state index in [0.717, 1.165) is 38.6 Å². The lowest BCUT2D eigenvalue weighted by Gasteiger charge is -2.41. The molecule has 1 fully saturated rings. The molecule has 0 radical (unpaired) electrons. The van der Waals surface area contributed by atoms with E-state index in [9.17, 15) is 4.39 Å². The number of nitrogens with zero attached hydrogens (tertiary/aromatic N) is 1. The number of hydrogen-bond donors (Lipinski definition) is 3. The fraction of sp³-hybridized carbons (Fsp3) is 0.480. The quantitative estimate of drug-likeness (QED) is 0.409. The van der Waals surface area contributed by atoms with Crippen LogP contribution in [-0.2, 0) is 4.74 Å². The van der Waals surface area contributed by atoms with Crippen molar-refractivity contribution in [2.75, 3.05) is 33.4 Å². The molecule has 3 rings (SSSR count). The smallest absolute Gasteiger partial charge is 0.191 e. The predicted octanol–water partition coefficient (Wildman–Crippen LogP) is 3.66. The maximum absolute atomic E-state index is 13.1. The van der Waals surface area contributed by atoms with Crippen molar-refractivity contribution in [3.63, 3.8) is 0 Å². The van der Waals surface area contributed by atoms with Gasteiger partial charge in [-0.25, -0.2) is 4.39 Å². The second-order valence-corrected chi connectivity index (χ2v) is 8.36. The minimum Gasteiger partial charge on any atom is -0.489 e. The fourth-order valence-electron chi connectivity index (χ4n) is 3.92. The van der Waals surface area contributed by atoms with Gasteiger partial charge >= 0.3 is 0 Å². The van der Waals surface area contributed by atoms with Crippen LogP contribution < -0.4 is 20.7 Å². The van der Waals surface area contributed by atoms with Crippen molar-refractivity contribution in [2.45, 2.75) is 44.4 Å². The highest BCUT2D eigenvalue weighted by Gasteiger charge is 2.34. The summed E-state index contributed by atoms with van der Waals surface area (Å²) in [6, 6.07) is 16.8. The molecule has 174 valence electrons. The van der Waals surface area contributed by atoms with E-state index < -0.39 is 0 Å². The maximum Gasteiger partial charge on any atom is 0.191 e. The molecule has 0 amide bonds. The Labute approximate surface area is 190 Å². The van der Waals surface area contributed by atoms with Gasteiger partial charge in [0.25, 0.3) is 0 Å². The molecule has 1 aliphatic heterocycles. The van der Waals surface area contributed by atoms with E-state index in [0.29, 0.717) is 12.3 Å². The summed E-state index contributed by atoms with van der Waals surface area (Å²) < 4.78 is 24.5. The van der Waals surface area contributed by atoms with E-state index in [1.54, 1.807) is 19.2 Å². The second-order valence-electron chi connectivity index (χ2n) is 8.36. The van der Waals surface area contributed by atoms with E-state index in [4.69, 9.17) is 9.47 Å². The molecule has 0 aliphatic carbocycles. The largest absolute Gasteiger partial charge is 0.489 e. The normalized spacial score (nSPS) is 17.9. The molecular formula is C25H35FN4O2. The van der Waals surface area contributed by atoms with Crippen LogP contribution in [0.15, 0.2) is 59.6 Å². The Balaban J connectivity index is 1.52. The number of nitrogens with one attached hydrogen (secondary N) is 3. The van der Waals surface area contributed by atoms with Gasteiger partial charge in [0, 0.05) is 38.4 Å². The monoisotopic (exact) mass is 442 g/mol. The van der Waals surface area contributed by atoms with E-state index in [1.807, 2.05) is 13.0 Å². The molecule has 2 unspecified atom stereocenters. The summed E-state index contributed by atoms with van der Waals surface area (Å²) in [5.41, 5.74) is 1.19. The van der Waals surface area contributed by atoms with Crippen molar-refractivity contribution >= 4 is 5.96 Å². The minimum atomic E-state index is -0.273. The number of halogens is 1. The standard InChI is InChI=1S/C25H35FN4O2/c1-19(32-23-11-9-22(26)10-12-23)17-28-24(27-3)29-18-25(13-15-31-16-14-25)30-20(2)21-7-5-4-6-8-21/h4-12,19-20,30H,13-18H2,1-3H3,(H2,27,28,29). The Kier molecular flexibility index (Phi) is 8.88. The average molecular weight is 443 g/mol. The topological polar surface area (TPSA) is 66.9 Å². The zero-order valence-electron chi connectivity index (χ0n) is 19.2. The number of aliphatic imine (C=N–C) groups is 1. The van der Waals surface area contributed by atoms with Gasteiger partial charge in [-0.1, -0.05) is 30.3 Å². The minimum absolute atomic E-state index is 0.0820. The van der Waals surface area contributed by atoms with Crippen LogP contribution in [0.3, 0.4) is 0 Å². The van der Waals surface area contributed by atoms with E-state index >= 15 is 0 Å². The SMILES string of the molecule is CN=C(NCC(C)Oc1ccc(F)cc1)NCC1(NC(C)c2ccccc2)CCOCC1. The molecule has 0 saturated carbocycles. The Morgan fingerprint density at radius 3 is 2.41 bits per heavy atom. The summed E-state index contributed by atoms with van der Waals surface area (Å²) in [7, 11) is 1.76. The summed E-state index contributed by atoms with van der Waals surface area (Å²) in [5, 5.41) is 10.7. The van der Waals surface area contributed by atoms with Crippen molar-refractivity contribution in [1.29, 1.82) is 0 Å². The van der Waals surface area contributed by atoms with Crippen molar-refractivity contribution in [3.05, 3.63) is 66.0 Å². The Hall–Kier alpha value is -2.64. The molecule has 0 spiro atoms. The highest BCUT2D eigenvalue weighted by Crippen LogP contribution is 2.25. The van der Waals surface area contributed by atoms with Gasteiger partial charge in [0.15, 0.2) is 5.96 Å². The molecule has 1 aliphatic rings. The highest BCUT2D eigenvalue weighted by atomic mass is 19.1. The van der Waals surface area contributed by atoms with E-state index in [1.165, 1.54) is 17.7 Å². The van der Waals surface area contributed by atoms with Crippen molar-refractivity contribution in [2.24, 2.45) is 4.99 Å². The molecular weight excluding hydrogens is 407 g/mol. The Morgan fingerprint density at radius 2 is 1.75 bits per heavy atom. The van der Waals surface area contributed by atoms with Crippen LogP contribution >= 0.6 is 0 Å². The number of guanidine groups is 1. The molecule has 6 nitrogen and oxygen atoms in total. The third kappa shape index (κ3) is 7.21. The van der Waals surface area contributed by atoms with Gasteiger partial charge in [-0.2, -0.15) is 0 Å². The number of hydrogen-bond acceptors (Lipinski definition) is 4. The zero-order chi connectivity index (χ0) is 22.8. The van der Waals surface area contributed by atoms with Crippen LogP contribution in [-0.4, -0.2) is 51.0 Å². The lowest BCUT2D eigenvalue weighted by Crippen LogP contribution is -2.58. The molecule has 2 aromatic carbocycles. The van der Waals surface area contributed by atoms with Gasteiger partial charge in [-0.05, 0) is 56.5 Å². The van der Waals surface area contributed by atoms with E-state index in [-0.39, 0.29) is 23.5 Å². The third-order valence-electron chi connectivity index (χ3n) is 5.80. The predicted molar refractivity (Wildman–Crippen MR) is 127 cm³/mol. The summed E-state index contributed by atoms with van der Waals surface area (Å²) in [6.07, 6.45) is 1.75. The van der Waals surface area contributed by atoms with Gasteiger partial charge in [0.2, 0.25) is 0 Å². The first-order chi connectivity index (χ1) is 15.5. The average Bonchev–Trinajstić information content (AvgIpc) is 2.82. The Morgan fingerprint density at radius 1 is 1.06 bits per heavy atom. The first-order valence-electron chi connectivity index (χ1n) is 11.3. The molecule has 1 heterocycles. The zero-order valence-corrected chi connectivity index (χ0v) is 19.2. The van der Waals surface area contributed by atoms with Gasteiger partial charge in [-0.3, -0.25) is 4.99 Å². The van der Waals surface area contributed by atoms with Crippen molar-refractivity contribution < 1.29 is 13.9 Å². The highest BCUT2D eigenvalue weighted by molar-refractivity contribution is 5.79. The summed E-state index contributed by atoms with van der Waals surface area (Å²) in [5.74, 6) is 1.09. The second kappa shape index (κ2) is 11.8. The van der Waals surface area contributed by atoms with Crippen LogP contribution in [0.25, 0.3) is 0 Å².